The summed E-state index contributed by atoms with van der Waals surface area (Å²) < 4.78 is 19.5. The van der Waals surface area contributed by atoms with Crippen LogP contribution in [0.15, 0.2) is 72.9 Å². The van der Waals surface area contributed by atoms with E-state index in [0.29, 0.717) is 41.7 Å². The summed E-state index contributed by atoms with van der Waals surface area (Å²) in [5, 5.41) is 13.1. The van der Waals surface area contributed by atoms with E-state index >= 15 is 0 Å². The number of carbonyl (C=O) groups is 3. The molecule has 1 saturated heterocycles. The van der Waals surface area contributed by atoms with Gasteiger partial charge >= 0.3 is 0 Å². The van der Waals surface area contributed by atoms with Crippen molar-refractivity contribution >= 4 is 23.5 Å². The molecule has 3 aromatic carbocycles. The zero-order valence-electron chi connectivity index (χ0n) is 25.9. The Morgan fingerprint density at radius 3 is 2.74 bits per heavy atom. The third kappa shape index (κ3) is 7.13. The summed E-state index contributed by atoms with van der Waals surface area (Å²) in [7, 11) is 3.32. The van der Waals surface area contributed by atoms with Crippen molar-refractivity contribution in [3.8, 4) is 28.4 Å². The second-order valence-electron chi connectivity index (χ2n) is 11.5. The van der Waals surface area contributed by atoms with Crippen LogP contribution in [0, 0.1) is 6.92 Å². The van der Waals surface area contributed by atoms with Gasteiger partial charge in [0.15, 0.2) is 23.9 Å². The van der Waals surface area contributed by atoms with Crippen molar-refractivity contribution in [2.24, 2.45) is 7.05 Å². The zero-order chi connectivity index (χ0) is 32.2. The number of rotatable bonds is 4. The quantitative estimate of drug-likeness (QED) is 0.316. The summed E-state index contributed by atoms with van der Waals surface area (Å²) in [5.74, 6) is 1.22. The predicted molar refractivity (Wildman–Crippen MR) is 171 cm³/mol. The molecule has 0 saturated carbocycles. The molecule has 12 nitrogen and oxygen atoms in total. The van der Waals surface area contributed by atoms with E-state index in [0.717, 1.165) is 22.3 Å². The van der Waals surface area contributed by atoms with E-state index in [1.807, 2.05) is 48.2 Å². The summed E-state index contributed by atoms with van der Waals surface area (Å²) in [6, 6.07) is 19.7. The maximum Gasteiger partial charge on any atom is 0.258 e. The first kappa shape index (κ1) is 30.7. The van der Waals surface area contributed by atoms with Crippen LogP contribution < -0.4 is 30.2 Å². The number of carbonyl (C=O) groups excluding carboxylic acids is 3. The molecule has 2 atom stereocenters. The lowest BCUT2D eigenvalue weighted by atomic mass is 9.97. The molecular weight excluding hydrogens is 588 g/mol. The average Bonchev–Trinajstić information content (AvgIpc) is 3.63. The molecule has 46 heavy (non-hydrogen) atoms. The second-order valence-corrected chi connectivity index (χ2v) is 11.5. The van der Waals surface area contributed by atoms with E-state index in [2.05, 4.69) is 21.0 Å². The van der Waals surface area contributed by atoms with Crippen molar-refractivity contribution in [3.05, 3.63) is 89.6 Å². The molecule has 4 aromatic rings. The Morgan fingerprint density at radius 2 is 1.93 bits per heavy atom. The van der Waals surface area contributed by atoms with Crippen LogP contribution in [-0.2, 0) is 23.2 Å². The van der Waals surface area contributed by atoms with E-state index in [1.165, 1.54) is 0 Å². The van der Waals surface area contributed by atoms with Gasteiger partial charge in [-0.25, -0.2) is 0 Å². The number of aromatic nitrogens is 2. The van der Waals surface area contributed by atoms with Crippen LogP contribution in [0.2, 0.25) is 0 Å². The van der Waals surface area contributed by atoms with Gasteiger partial charge in [-0.15, -0.1) is 0 Å². The number of fused-ring (bicyclic) bond motifs is 7. The number of likely N-dealkylation sites (tertiary alicyclic amines) is 1. The molecule has 6 bridgehead atoms. The van der Waals surface area contributed by atoms with Crippen molar-refractivity contribution in [2.45, 2.75) is 25.6 Å². The van der Waals surface area contributed by atoms with E-state index in [4.69, 9.17) is 14.2 Å². The van der Waals surface area contributed by atoms with Gasteiger partial charge in [0.05, 0.1) is 19.7 Å². The summed E-state index contributed by atoms with van der Waals surface area (Å²) in [5.41, 5.74) is 4.00. The SMILES string of the molecule is COc1cc2ccc1O[C@H]1CN(CC(=O)Nc3ccn(C)n3)C[C@@H]1NC(=O)c1ccc(C)c(c1)-c1cccc(c1)OCC(=O)NC2. The van der Waals surface area contributed by atoms with Gasteiger partial charge in [-0.2, -0.15) is 5.10 Å². The highest BCUT2D eigenvalue weighted by molar-refractivity contribution is 5.96. The molecule has 3 aliphatic rings. The predicted octanol–water partition coefficient (Wildman–Crippen LogP) is 2.91. The fraction of sp³-hybridized carbons (Fsp3) is 0.294. The summed E-state index contributed by atoms with van der Waals surface area (Å²) in [4.78, 5) is 41.1. The molecule has 1 aromatic heterocycles. The van der Waals surface area contributed by atoms with Crippen LogP contribution in [-0.4, -0.2) is 77.9 Å². The number of nitrogens with one attached hydrogen (secondary N) is 3. The Bertz CT molecular complexity index is 1770. The number of hydrogen-bond acceptors (Lipinski definition) is 8. The molecule has 3 aliphatic heterocycles. The smallest absolute Gasteiger partial charge is 0.258 e. The first-order chi connectivity index (χ1) is 22.2. The molecule has 0 unspecified atom stereocenters. The van der Waals surface area contributed by atoms with Gasteiger partial charge in [-0.1, -0.05) is 24.3 Å². The second kappa shape index (κ2) is 13.3. The normalized spacial score (nSPS) is 18.4. The molecule has 1 fully saturated rings. The minimum atomic E-state index is -0.490. The Labute approximate surface area is 266 Å². The first-order valence-electron chi connectivity index (χ1n) is 15.0. The van der Waals surface area contributed by atoms with Gasteiger partial charge in [0.2, 0.25) is 5.91 Å². The number of anilines is 1. The van der Waals surface area contributed by atoms with Crippen molar-refractivity contribution < 1.29 is 28.6 Å². The molecule has 7 rings (SSSR count). The highest BCUT2D eigenvalue weighted by Gasteiger charge is 2.37. The Morgan fingerprint density at radius 1 is 1.07 bits per heavy atom. The number of benzene rings is 3. The lowest BCUT2D eigenvalue weighted by Gasteiger charge is -2.23. The van der Waals surface area contributed by atoms with E-state index in [-0.39, 0.29) is 37.4 Å². The minimum Gasteiger partial charge on any atom is -0.493 e. The van der Waals surface area contributed by atoms with Gasteiger partial charge in [0.25, 0.3) is 11.8 Å². The molecular formula is C34H36N6O6. The molecule has 4 heterocycles. The lowest BCUT2D eigenvalue weighted by molar-refractivity contribution is -0.123. The standard InChI is InChI=1S/C34H36N6O6/c1-21-7-9-24-15-26(21)23-5-4-6-25(14-23)45-20-33(42)35-16-22-8-10-28(29(13-22)44-3)46-30-18-40(17-27(30)36-34(24)43)19-32(41)37-31-11-12-39(2)38-31/h4-15,27,30H,16-20H2,1-3H3,(H,35,42)(H,36,43)(H,37,38,41)/t27-,30-/m0/s1. The van der Waals surface area contributed by atoms with Crippen molar-refractivity contribution in [2.75, 3.05) is 38.7 Å². The summed E-state index contributed by atoms with van der Waals surface area (Å²) in [6.45, 7) is 2.95. The zero-order valence-corrected chi connectivity index (χ0v) is 25.9. The largest absolute Gasteiger partial charge is 0.493 e. The Hall–Kier alpha value is -5.36. The molecule has 0 aliphatic carbocycles. The van der Waals surface area contributed by atoms with Crippen molar-refractivity contribution in [3.63, 3.8) is 0 Å². The van der Waals surface area contributed by atoms with Gasteiger partial charge in [0.1, 0.15) is 11.9 Å². The number of ether oxygens (including phenoxy) is 3. The Kier molecular flexibility index (Phi) is 8.88. The fourth-order valence-electron chi connectivity index (χ4n) is 5.67. The number of nitrogens with zero attached hydrogens (tertiary/aromatic N) is 3. The van der Waals surface area contributed by atoms with Gasteiger partial charge in [-0.05, 0) is 65.6 Å². The molecule has 3 amide bonds. The third-order valence-electron chi connectivity index (χ3n) is 8.02. The maximum atomic E-state index is 13.7. The van der Waals surface area contributed by atoms with Gasteiger partial charge in [-0.3, -0.25) is 24.0 Å². The number of hydrogen-bond donors (Lipinski definition) is 3. The van der Waals surface area contributed by atoms with Gasteiger partial charge < -0.3 is 30.2 Å². The van der Waals surface area contributed by atoms with Crippen LogP contribution in [0.3, 0.4) is 0 Å². The van der Waals surface area contributed by atoms with Gasteiger partial charge in [0, 0.05) is 44.5 Å². The number of methoxy groups -OCH3 is 1. The average molecular weight is 625 g/mol. The number of amides is 3. The van der Waals surface area contributed by atoms with E-state index in [1.54, 1.807) is 55.4 Å². The molecule has 0 radical (unpaired) electrons. The van der Waals surface area contributed by atoms with E-state index < -0.39 is 12.1 Å². The highest BCUT2D eigenvalue weighted by atomic mass is 16.5. The minimum absolute atomic E-state index is 0.0890. The third-order valence-corrected chi connectivity index (χ3v) is 8.02. The Balaban J connectivity index is 1.30. The topological polar surface area (TPSA) is 136 Å². The lowest BCUT2D eigenvalue weighted by Crippen LogP contribution is -2.45. The van der Waals surface area contributed by atoms with Crippen molar-refractivity contribution in [1.82, 2.24) is 25.3 Å². The first-order valence-corrected chi connectivity index (χ1v) is 15.0. The molecule has 3 N–H and O–H groups in total. The van der Waals surface area contributed by atoms with Crippen LogP contribution in [0.4, 0.5) is 5.82 Å². The highest BCUT2D eigenvalue weighted by Crippen LogP contribution is 2.32. The number of aryl methyl sites for hydroxylation is 2. The summed E-state index contributed by atoms with van der Waals surface area (Å²) >= 11 is 0. The molecule has 12 heteroatoms. The van der Waals surface area contributed by atoms with Crippen LogP contribution >= 0.6 is 0 Å². The molecule has 238 valence electrons. The maximum absolute atomic E-state index is 13.7. The van der Waals surface area contributed by atoms with Crippen LogP contribution in [0.25, 0.3) is 11.1 Å². The van der Waals surface area contributed by atoms with Crippen LogP contribution in [0.1, 0.15) is 21.5 Å². The van der Waals surface area contributed by atoms with Crippen molar-refractivity contribution in [1.29, 1.82) is 0 Å². The molecule has 0 spiro atoms. The summed E-state index contributed by atoms with van der Waals surface area (Å²) in [6.07, 6.45) is 1.26. The monoisotopic (exact) mass is 624 g/mol. The fourth-order valence-corrected chi connectivity index (χ4v) is 5.67. The van der Waals surface area contributed by atoms with E-state index in [9.17, 15) is 14.4 Å². The van der Waals surface area contributed by atoms with Crippen LogP contribution in [0.5, 0.6) is 17.2 Å².